The molecule has 2 unspecified atom stereocenters. The Morgan fingerprint density at radius 2 is 1.60 bits per heavy atom. The maximum Gasteiger partial charge on any atom is 0.153 e. The zero-order valence-corrected chi connectivity index (χ0v) is 17.7. The number of hydrogen-bond acceptors (Lipinski definition) is 2. The van der Waals surface area contributed by atoms with Gasteiger partial charge in [-0.1, -0.05) is 81.0 Å². The van der Waals surface area contributed by atoms with Crippen molar-refractivity contribution in [2.45, 2.75) is 32.0 Å². The van der Waals surface area contributed by atoms with E-state index >= 15 is 0 Å². The molecule has 1 radical (unpaired) electrons. The topological polar surface area (TPSA) is 40.5 Å². The van der Waals surface area contributed by atoms with Crippen LogP contribution in [0.4, 0.5) is 0 Å². The smallest absolute Gasteiger partial charge is 0.153 e. The van der Waals surface area contributed by atoms with Crippen molar-refractivity contribution in [1.82, 2.24) is 0 Å². The van der Waals surface area contributed by atoms with Gasteiger partial charge in [-0.15, -0.1) is 0 Å². The number of aryl methyl sites for hydroxylation is 1. The number of benzene rings is 3. The highest BCUT2D eigenvalue weighted by Gasteiger charge is 2.42. The van der Waals surface area contributed by atoms with Gasteiger partial charge in [-0.25, -0.2) is 0 Å². The highest BCUT2D eigenvalue weighted by Crippen LogP contribution is 2.50. The van der Waals surface area contributed by atoms with Crippen LogP contribution < -0.4 is 5.46 Å². The summed E-state index contributed by atoms with van der Waals surface area (Å²) >= 11 is 0. The molecule has 2 atom stereocenters. The number of allylic oxidation sites excluding steroid dienone is 3. The van der Waals surface area contributed by atoms with Crippen molar-refractivity contribution in [1.29, 1.82) is 0 Å². The number of phenolic OH excluding ortho intramolecular Hbond substituents is 2. The van der Waals surface area contributed by atoms with Crippen molar-refractivity contribution in [3.8, 4) is 11.5 Å². The minimum absolute atomic E-state index is 0.243. The van der Waals surface area contributed by atoms with Gasteiger partial charge in [0.25, 0.3) is 0 Å². The Morgan fingerprint density at radius 1 is 0.933 bits per heavy atom. The van der Waals surface area contributed by atoms with Crippen LogP contribution in [0, 0.1) is 6.92 Å². The zero-order chi connectivity index (χ0) is 21.5. The maximum absolute atomic E-state index is 10.3. The van der Waals surface area contributed by atoms with Gasteiger partial charge in [0.1, 0.15) is 11.5 Å². The van der Waals surface area contributed by atoms with E-state index in [1.165, 1.54) is 11.1 Å². The second kappa shape index (κ2) is 7.57. The van der Waals surface area contributed by atoms with Crippen LogP contribution in [0.1, 0.15) is 40.7 Å². The average Bonchev–Trinajstić information content (AvgIpc) is 2.86. The minimum atomic E-state index is -0.637. The SMILES string of the molecule is C=C1C=CC(C)c2ccccc2C1(c1ccc(O)c(C)c1)c1ccc(O)c([B]C)c1. The number of aromatic hydroxyl groups is 2. The third-order valence-corrected chi connectivity index (χ3v) is 6.32. The highest BCUT2D eigenvalue weighted by molar-refractivity contribution is 6.53. The molecule has 149 valence electrons. The fourth-order valence-corrected chi connectivity index (χ4v) is 4.65. The molecule has 3 aromatic carbocycles. The molecular formula is C27H26BO2. The van der Waals surface area contributed by atoms with Crippen molar-refractivity contribution in [3.63, 3.8) is 0 Å². The van der Waals surface area contributed by atoms with E-state index in [0.29, 0.717) is 0 Å². The Morgan fingerprint density at radius 3 is 2.30 bits per heavy atom. The highest BCUT2D eigenvalue weighted by atomic mass is 16.3. The largest absolute Gasteiger partial charge is 0.509 e. The molecule has 0 spiro atoms. The summed E-state index contributed by atoms with van der Waals surface area (Å²) in [5.74, 6) is 0.778. The van der Waals surface area contributed by atoms with Crippen LogP contribution in [-0.2, 0) is 5.41 Å². The summed E-state index contributed by atoms with van der Waals surface area (Å²) in [5, 5.41) is 20.5. The monoisotopic (exact) mass is 393 g/mol. The number of hydrogen-bond donors (Lipinski definition) is 2. The Bertz CT molecular complexity index is 1160. The lowest BCUT2D eigenvalue weighted by molar-refractivity contribution is 0.470. The molecule has 0 aliphatic heterocycles. The van der Waals surface area contributed by atoms with Gasteiger partial charge in [-0.3, -0.25) is 0 Å². The molecule has 30 heavy (non-hydrogen) atoms. The molecule has 1 aliphatic carbocycles. The van der Waals surface area contributed by atoms with Crippen molar-refractivity contribution in [2.24, 2.45) is 0 Å². The van der Waals surface area contributed by atoms with Gasteiger partial charge in [-0.05, 0) is 63.8 Å². The normalized spacial score (nSPS) is 20.5. The second-order valence-electron chi connectivity index (χ2n) is 8.07. The molecule has 3 aromatic rings. The van der Waals surface area contributed by atoms with Gasteiger partial charge in [0.05, 0.1) is 5.41 Å². The molecule has 4 rings (SSSR count). The van der Waals surface area contributed by atoms with E-state index in [1.807, 2.05) is 45.3 Å². The van der Waals surface area contributed by atoms with Gasteiger partial charge in [-0.2, -0.15) is 0 Å². The molecule has 2 N–H and O–H groups in total. The van der Waals surface area contributed by atoms with E-state index in [4.69, 9.17) is 0 Å². The summed E-state index contributed by atoms with van der Waals surface area (Å²) in [6, 6.07) is 20.1. The standard InChI is InChI=1S/C27H26BO2/c1-17-9-10-19(3)27(23-8-6-5-7-22(17)23,20-11-13-25(29)18(2)15-20)21-12-14-26(30)24(16-21)28-4/h5-17,29-30H,3H2,1-2,4H3. The summed E-state index contributed by atoms with van der Waals surface area (Å²) in [7, 11) is 1.92. The summed E-state index contributed by atoms with van der Waals surface area (Å²) in [6.45, 7) is 10.6. The molecule has 2 nitrogen and oxygen atoms in total. The molecular weight excluding hydrogens is 367 g/mol. The average molecular weight is 393 g/mol. The number of rotatable bonds is 3. The first-order valence-electron chi connectivity index (χ1n) is 10.3. The lowest BCUT2D eigenvalue weighted by atomic mass is 9.62. The van der Waals surface area contributed by atoms with Crippen LogP contribution in [0.2, 0.25) is 6.82 Å². The van der Waals surface area contributed by atoms with Crippen LogP contribution in [0.25, 0.3) is 0 Å². The fourth-order valence-electron chi connectivity index (χ4n) is 4.65. The third kappa shape index (κ3) is 2.97. The Balaban J connectivity index is 2.16. The van der Waals surface area contributed by atoms with Gasteiger partial charge >= 0.3 is 0 Å². The molecule has 0 amide bonds. The predicted octanol–water partition coefficient (Wildman–Crippen LogP) is 5.35. The molecule has 1 aliphatic rings. The van der Waals surface area contributed by atoms with E-state index < -0.39 is 5.41 Å². The van der Waals surface area contributed by atoms with E-state index in [-0.39, 0.29) is 17.4 Å². The van der Waals surface area contributed by atoms with Gasteiger partial charge in [0.2, 0.25) is 0 Å². The summed E-state index contributed by atoms with van der Waals surface area (Å²) in [4.78, 5) is 0. The molecule has 0 bridgehead atoms. The molecule has 0 saturated heterocycles. The zero-order valence-electron chi connectivity index (χ0n) is 17.7. The second-order valence-corrected chi connectivity index (χ2v) is 8.07. The first-order valence-corrected chi connectivity index (χ1v) is 10.3. The third-order valence-electron chi connectivity index (χ3n) is 6.32. The van der Waals surface area contributed by atoms with Crippen LogP contribution >= 0.6 is 0 Å². The Hall–Kier alpha value is -3.20. The molecule has 0 heterocycles. The lowest BCUT2D eigenvalue weighted by Crippen LogP contribution is -2.33. The van der Waals surface area contributed by atoms with Crippen LogP contribution in [0.15, 0.2) is 85.0 Å². The van der Waals surface area contributed by atoms with E-state index in [2.05, 4.69) is 49.9 Å². The quantitative estimate of drug-likeness (QED) is 0.589. The minimum Gasteiger partial charge on any atom is -0.509 e. The predicted molar refractivity (Wildman–Crippen MR) is 125 cm³/mol. The Labute approximate surface area is 179 Å². The number of fused-ring (bicyclic) bond motifs is 1. The Kier molecular flexibility index (Phi) is 5.07. The molecule has 0 fully saturated rings. The first kappa shape index (κ1) is 20.1. The lowest BCUT2D eigenvalue weighted by Gasteiger charge is -2.38. The summed E-state index contributed by atoms with van der Waals surface area (Å²) in [6.07, 6.45) is 4.32. The van der Waals surface area contributed by atoms with E-state index in [1.54, 1.807) is 12.1 Å². The van der Waals surface area contributed by atoms with Crippen molar-refractivity contribution in [2.75, 3.05) is 0 Å². The first-order chi connectivity index (χ1) is 14.4. The van der Waals surface area contributed by atoms with Gasteiger partial charge in [0.15, 0.2) is 7.28 Å². The van der Waals surface area contributed by atoms with E-state index in [9.17, 15) is 10.2 Å². The summed E-state index contributed by atoms with van der Waals surface area (Å²) < 4.78 is 0. The fraction of sp³-hybridized carbons (Fsp3) is 0.185. The molecule has 3 heteroatoms. The summed E-state index contributed by atoms with van der Waals surface area (Å²) in [5.41, 5.74) is 6.42. The van der Waals surface area contributed by atoms with Gasteiger partial charge < -0.3 is 10.2 Å². The number of phenols is 2. The van der Waals surface area contributed by atoms with E-state index in [0.717, 1.165) is 27.7 Å². The van der Waals surface area contributed by atoms with Crippen LogP contribution in [-0.4, -0.2) is 17.5 Å². The van der Waals surface area contributed by atoms with Crippen molar-refractivity contribution >= 4 is 12.7 Å². The van der Waals surface area contributed by atoms with Crippen LogP contribution in [0.3, 0.4) is 0 Å². The van der Waals surface area contributed by atoms with Crippen molar-refractivity contribution < 1.29 is 10.2 Å². The molecule has 0 aromatic heterocycles. The van der Waals surface area contributed by atoms with Crippen molar-refractivity contribution in [3.05, 3.63) is 113 Å². The maximum atomic E-state index is 10.3. The molecule has 0 saturated carbocycles. The van der Waals surface area contributed by atoms with Crippen LogP contribution in [0.5, 0.6) is 11.5 Å². The van der Waals surface area contributed by atoms with Gasteiger partial charge in [0, 0.05) is 0 Å².